The molecule has 2 saturated heterocycles. The minimum atomic E-state index is -0.00810. The van der Waals surface area contributed by atoms with Crippen LogP contribution in [-0.2, 0) is 9.59 Å². The van der Waals surface area contributed by atoms with Gasteiger partial charge in [-0.15, -0.1) is 0 Å². The van der Waals surface area contributed by atoms with Crippen LogP contribution < -0.4 is 5.32 Å². The van der Waals surface area contributed by atoms with Crippen LogP contribution in [0.25, 0.3) is 0 Å². The molecular formula is C8H9NO2. The summed E-state index contributed by atoms with van der Waals surface area (Å²) in [5.74, 6) is 1.73. The average molecular weight is 151 g/mol. The first-order valence-corrected chi connectivity index (χ1v) is 3.85. The first kappa shape index (κ1) is 6.77. The zero-order valence-electron chi connectivity index (χ0n) is 6.09. The summed E-state index contributed by atoms with van der Waals surface area (Å²) in [4.78, 5) is 21.5. The van der Waals surface area contributed by atoms with E-state index in [-0.39, 0.29) is 11.8 Å². The zero-order chi connectivity index (χ0) is 7.84. The number of carbonyl (C=O) groups is 1. The Kier molecular flexibility index (Phi) is 1.41. The van der Waals surface area contributed by atoms with E-state index in [0.717, 1.165) is 12.8 Å². The van der Waals surface area contributed by atoms with Crippen molar-refractivity contribution in [2.75, 3.05) is 0 Å². The molecule has 2 aliphatic heterocycles. The van der Waals surface area contributed by atoms with Crippen molar-refractivity contribution < 1.29 is 9.59 Å². The second-order valence-corrected chi connectivity index (χ2v) is 3.14. The summed E-state index contributed by atoms with van der Waals surface area (Å²) in [5.41, 5.74) is 0.332. The van der Waals surface area contributed by atoms with E-state index in [9.17, 15) is 9.59 Å². The highest BCUT2D eigenvalue weighted by molar-refractivity contribution is 6.04. The van der Waals surface area contributed by atoms with E-state index in [2.05, 4.69) is 5.32 Å². The third kappa shape index (κ3) is 0.934. The molecule has 0 saturated carbocycles. The Morgan fingerprint density at radius 3 is 3.00 bits per heavy atom. The minimum Gasteiger partial charge on any atom is -0.306 e. The van der Waals surface area contributed by atoms with Gasteiger partial charge in [0.25, 0.3) is 0 Å². The highest BCUT2D eigenvalue weighted by Gasteiger charge is 2.37. The molecule has 0 radical (unpaired) electrons. The van der Waals surface area contributed by atoms with Gasteiger partial charge < -0.3 is 5.32 Å². The van der Waals surface area contributed by atoms with Gasteiger partial charge in [0.05, 0.1) is 5.57 Å². The lowest BCUT2D eigenvalue weighted by atomic mass is 9.99. The van der Waals surface area contributed by atoms with Crippen molar-refractivity contribution in [1.82, 2.24) is 5.32 Å². The molecule has 3 nitrogen and oxygen atoms in total. The fourth-order valence-corrected chi connectivity index (χ4v) is 1.86. The minimum absolute atomic E-state index is 0.00810. The molecule has 58 valence electrons. The predicted molar refractivity (Wildman–Crippen MR) is 38.8 cm³/mol. The molecule has 2 atom stereocenters. The number of Topliss-reactive ketones (excluding diaryl/α,β-unsaturated/α-hetero) is 1. The van der Waals surface area contributed by atoms with Gasteiger partial charge in [0.15, 0.2) is 5.78 Å². The number of rotatable bonds is 0. The molecule has 0 aromatic heterocycles. The average Bonchev–Trinajstić information content (AvgIpc) is 2.34. The van der Waals surface area contributed by atoms with Gasteiger partial charge in [-0.1, -0.05) is 0 Å². The van der Waals surface area contributed by atoms with Crippen molar-refractivity contribution in [1.29, 1.82) is 0 Å². The van der Waals surface area contributed by atoms with E-state index in [1.54, 1.807) is 5.94 Å². The van der Waals surface area contributed by atoms with Gasteiger partial charge in [0.1, 0.15) is 5.94 Å². The number of hydrogen-bond donors (Lipinski definition) is 1. The van der Waals surface area contributed by atoms with Crippen molar-refractivity contribution in [3.63, 3.8) is 0 Å². The lowest BCUT2D eigenvalue weighted by molar-refractivity contribution is -0.116. The van der Waals surface area contributed by atoms with E-state index in [1.165, 1.54) is 0 Å². The Morgan fingerprint density at radius 1 is 1.45 bits per heavy atom. The summed E-state index contributed by atoms with van der Waals surface area (Å²) < 4.78 is 0. The smallest absolute Gasteiger partial charge is 0.172 e. The van der Waals surface area contributed by atoms with Gasteiger partial charge in [-0.05, 0) is 12.8 Å². The van der Waals surface area contributed by atoms with Gasteiger partial charge in [0.2, 0.25) is 0 Å². The van der Waals surface area contributed by atoms with Crippen molar-refractivity contribution in [3.05, 3.63) is 5.57 Å². The number of nitrogens with one attached hydrogen (secondary N) is 1. The second kappa shape index (κ2) is 2.29. The lowest BCUT2D eigenvalue weighted by Crippen LogP contribution is -2.40. The highest BCUT2D eigenvalue weighted by Crippen LogP contribution is 2.26. The molecule has 0 aliphatic carbocycles. The van der Waals surface area contributed by atoms with Crippen LogP contribution in [0, 0.1) is 0 Å². The quantitative estimate of drug-likeness (QED) is 0.386. The molecule has 0 spiro atoms. The van der Waals surface area contributed by atoms with E-state index >= 15 is 0 Å². The molecule has 0 aromatic carbocycles. The Labute approximate surface area is 64.5 Å². The Balaban J connectivity index is 2.33. The number of ketones is 1. The molecule has 2 fully saturated rings. The normalized spacial score (nSPS) is 35.6. The fourth-order valence-electron chi connectivity index (χ4n) is 1.86. The van der Waals surface area contributed by atoms with Crippen molar-refractivity contribution in [2.45, 2.75) is 31.3 Å². The molecule has 0 aromatic rings. The van der Waals surface area contributed by atoms with Crippen molar-refractivity contribution in [3.8, 4) is 0 Å². The number of piperidine rings is 1. The van der Waals surface area contributed by atoms with Crippen molar-refractivity contribution >= 4 is 11.7 Å². The van der Waals surface area contributed by atoms with Crippen LogP contribution in [0.15, 0.2) is 5.57 Å². The highest BCUT2D eigenvalue weighted by atomic mass is 16.1. The molecule has 2 aliphatic rings. The lowest BCUT2D eigenvalue weighted by Gasteiger charge is -2.19. The van der Waals surface area contributed by atoms with E-state index in [4.69, 9.17) is 0 Å². The molecule has 2 rings (SSSR count). The van der Waals surface area contributed by atoms with Crippen LogP contribution in [0.1, 0.15) is 19.3 Å². The number of hydrogen-bond acceptors (Lipinski definition) is 3. The molecule has 2 bridgehead atoms. The van der Waals surface area contributed by atoms with E-state index < -0.39 is 0 Å². The van der Waals surface area contributed by atoms with Gasteiger partial charge in [0, 0.05) is 18.5 Å². The van der Waals surface area contributed by atoms with E-state index in [1.807, 2.05) is 0 Å². The molecule has 0 amide bonds. The summed E-state index contributed by atoms with van der Waals surface area (Å²) in [6.07, 6.45) is 2.42. The Bertz CT molecular complexity index is 253. The van der Waals surface area contributed by atoms with Crippen LogP contribution in [0.2, 0.25) is 0 Å². The molecule has 2 heterocycles. The van der Waals surface area contributed by atoms with Gasteiger partial charge >= 0.3 is 0 Å². The monoisotopic (exact) mass is 151 g/mol. The Morgan fingerprint density at radius 2 is 2.27 bits per heavy atom. The molecule has 3 heteroatoms. The van der Waals surface area contributed by atoms with Gasteiger partial charge in [-0.25, -0.2) is 4.79 Å². The molecule has 11 heavy (non-hydrogen) atoms. The summed E-state index contributed by atoms with van der Waals surface area (Å²) in [6, 6.07) is 0.336. The summed E-state index contributed by atoms with van der Waals surface area (Å²) in [7, 11) is 0. The van der Waals surface area contributed by atoms with E-state index in [0.29, 0.717) is 18.0 Å². The molecule has 2 unspecified atom stereocenters. The van der Waals surface area contributed by atoms with Gasteiger partial charge in [-0.3, -0.25) is 4.79 Å². The molecular weight excluding hydrogens is 142 g/mol. The largest absolute Gasteiger partial charge is 0.306 e. The number of fused-ring (bicyclic) bond motifs is 2. The maximum atomic E-state index is 11.1. The number of carbonyl (C=O) groups excluding carboxylic acids is 2. The fraction of sp³-hybridized carbons (Fsp3) is 0.625. The summed E-state index contributed by atoms with van der Waals surface area (Å²) in [6.45, 7) is 0. The zero-order valence-corrected chi connectivity index (χ0v) is 6.09. The maximum Gasteiger partial charge on any atom is 0.172 e. The second-order valence-electron chi connectivity index (χ2n) is 3.14. The maximum absolute atomic E-state index is 11.1. The van der Waals surface area contributed by atoms with Crippen LogP contribution in [0.5, 0.6) is 0 Å². The van der Waals surface area contributed by atoms with Gasteiger partial charge in [-0.2, -0.15) is 0 Å². The third-order valence-corrected chi connectivity index (χ3v) is 2.43. The summed E-state index contributed by atoms with van der Waals surface area (Å²) in [5, 5.41) is 3.20. The first-order valence-electron chi connectivity index (χ1n) is 3.85. The Hall–Kier alpha value is -0.920. The predicted octanol–water partition coefficient (Wildman–Crippen LogP) is -0.162. The van der Waals surface area contributed by atoms with Crippen LogP contribution in [0.3, 0.4) is 0 Å². The third-order valence-electron chi connectivity index (χ3n) is 2.43. The first-order chi connectivity index (χ1) is 5.31. The topological polar surface area (TPSA) is 46.2 Å². The van der Waals surface area contributed by atoms with Crippen LogP contribution in [-0.4, -0.2) is 23.8 Å². The molecule has 1 N–H and O–H groups in total. The SMILES string of the molecule is O=C=C1C(=O)CC2CCC1N2. The van der Waals surface area contributed by atoms with Crippen LogP contribution in [0.4, 0.5) is 0 Å². The summed E-state index contributed by atoms with van der Waals surface area (Å²) >= 11 is 0. The van der Waals surface area contributed by atoms with Crippen LogP contribution >= 0.6 is 0 Å². The standard InChI is InChI=1S/C8H9NO2/c10-4-6-7-2-1-5(9-7)3-8(6)11/h5,7,9H,1-3H2. The van der Waals surface area contributed by atoms with Crippen molar-refractivity contribution in [2.24, 2.45) is 0 Å².